The molecule has 1 aromatic carbocycles. The maximum atomic E-state index is 12.4. The molecule has 0 radical (unpaired) electrons. The molecule has 0 unspecified atom stereocenters. The lowest BCUT2D eigenvalue weighted by atomic mass is 10.0. The Hall–Kier alpha value is -2.09. The Morgan fingerprint density at radius 3 is 2.50 bits per heavy atom. The van der Waals surface area contributed by atoms with Crippen molar-refractivity contribution in [1.82, 2.24) is 4.57 Å². The Kier molecular flexibility index (Phi) is 2.27. The van der Waals surface area contributed by atoms with Gasteiger partial charge in [0.15, 0.2) is 0 Å². The number of carbonyl (C=O) groups excluding carboxylic acids is 1. The van der Waals surface area contributed by atoms with E-state index in [0.717, 1.165) is 28.1 Å². The highest BCUT2D eigenvalue weighted by Crippen LogP contribution is 2.31. The van der Waals surface area contributed by atoms with Gasteiger partial charge in [0.2, 0.25) is 0 Å². The molecule has 0 saturated heterocycles. The van der Waals surface area contributed by atoms with Gasteiger partial charge in [-0.05, 0) is 44.0 Å². The van der Waals surface area contributed by atoms with Gasteiger partial charge in [0.1, 0.15) is 0 Å². The molecule has 2 nitrogen and oxygen atoms in total. The van der Waals surface area contributed by atoms with E-state index in [-0.39, 0.29) is 5.91 Å². The molecule has 2 aromatic rings. The second kappa shape index (κ2) is 3.70. The van der Waals surface area contributed by atoms with Gasteiger partial charge in [0, 0.05) is 11.3 Å². The first-order chi connectivity index (χ1) is 8.58. The Morgan fingerprint density at radius 2 is 1.83 bits per heavy atom. The minimum atomic E-state index is 0.0844. The van der Waals surface area contributed by atoms with Crippen molar-refractivity contribution in [3.8, 4) is 0 Å². The van der Waals surface area contributed by atoms with Gasteiger partial charge in [0.05, 0.1) is 5.69 Å². The number of hydrogen-bond donors (Lipinski definition) is 0. The highest BCUT2D eigenvalue weighted by Gasteiger charge is 2.26. The van der Waals surface area contributed by atoms with Crippen LogP contribution in [0.3, 0.4) is 0 Å². The van der Waals surface area contributed by atoms with Gasteiger partial charge in [0.25, 0.3) is 5.91 Å². The first kappa shape index (κ1) is 11.0. The molecule has 0 N–H and O–H groups in total. The van der Waals surface area contributed by atoms with Crippen LogP contribution in [0.1, 0.15) is 32.9 Å². The van der Waals surface area contributed by atoms with Gasteiger partial charge in [-0.15, -0.1) is 0 Å². The molecule has 0 spiro atoms. The smallest absolute Gasteiger partial charge is 0.263 e. The average molecular weight is 237 g/mol. The van der Waals surface area contributed by atoms with Crippen molar-refractivity contribution >= 4 is 17.6 Å². The van der Waals surface area contributed by atoms with Crippen LogP contribution in [-0.2, 0) is 0 Å². The summed E-state index contributed by atoms with van der Waals surface area (Å²) in [6.45, 7) is 6.06. The molecule has 1 aromatic heterocycles. The van der Waals surface area contributed by atoms with E-state index in [1.807, 2.05) is 45.0 Å². The van der Waals surface area contributed by atoms with E-state index in [0.29, 0.717) is 0 Å². The van der Waals surface area contributed by atoms with E-state index in [1.54, 1.807) is 4.57 Å². The second-order valence-electron chi connectivity index (χ2n) is 4.92. The molecule has 2 heterocycles. The van der Waals surface area contributed by atoms with Gasteiger partial charge in [-0.25, -0.2) is 0 Å². The summed E-state index contributed by atoms with van der Waals surface area (Å²) < 4.78 is 1.80. The van der Waals surface area contributed by atoms with Crippen LogP contribution in [0.25, 0.3) is 11.6 Å². The predicted molar refractivity (Wildman–Crippen MR) is 73.6 cm³/mol. The zero-order chi connectivity index (χ0) is 12.9. The van der Waals surface area contributed by atoms with Gasteiger partial charge < -0.3 is 0 Å². The minimum Gasteiger partial charge on any atom is -0.281 e. The molecule has 1 aliphatic rings. The summed E-state index contributed by atoms with van der Waals surface area (Å²) in [5.41, 5.74) is 6.15. The summed E-state index contributed by atoms with van der Waals surface area (Å²) in [6, 6.07) is 10.1. The van der Waals surface area contributed by atoms with Crippen molar-refractivity contribution in [3.05, 3.63) is 58.4 Å². The third-order valence-corrected chi connectivity index (χ3v) is 3.47. The van der Waals surface area contributed by atoms with Crippen LogP contribution in [0, 0.1) is 20.8 Å². The fourth-order valence-electron chi connectivity index (χ4n) is 2.60. The Bertz CT molecular complexity index is 689. The minimum absolute atomic E-state index is 0.0844. The number of aromatic nitrogens is 1. The van der Waals surface area contributed by atoms with Crippen LogP contribution < -0.4 is 0 Å². The van der Waals surface area contributed by atoms with Crippen molar-refractivity contribution in [3.63, 3.8) is 0 Å². The van der Waals surface area contributed by atoms with E-state index in [2.05, 4.69) is 12.1 Å². The molecule has 3 rings (SSSR count). The summed E-state index contributed by atoms with van der Waals surface area (Å²) in [5, 5.41) is 0. The summed E-state index contributed by atoms with van der Waals surface area (Å²) in [6.07, 6.45) is 2.00. The van der Waals surface area contributed by atoms with Gasteiger partial charge in [-0.2, -0.15) is 0 Å². The first-order valence-electron chi connectivity index (χ1n) is 6.10. The number of allylic oxidation sites excluding steroid dienone is 1. The van der Waals surface area contributed by atoms with Crippen molar-refractivity contribution in [1.29, 1.82) is 0 Å². The van der Waals surface area contributed by atoms with Crippen LogP contribution in [0.2, 0.25) is 0 Å². The van der Waals surface area contributed by atoms with Crippen LogP contribution in [-0.4, -0.2) is 10.5 Å². The maximum absolute atomic E-state index is 12.4. The first-order valence-corrected chi connectivity index (χ1v) is 6.10. The van der Waals surface area contributed by atoms with Gasteiger partial charge in [-0.3, -0.25) is 9.36 Å². The van der Waals surface area contributed by atoms with Gasteiger partial charge >= 0.3 is 0 Å². The van der Waals surface area contributed by atoms with Crippen LogP contribution in [0.5, 0.6) is 0 Å². The molecule has 0 aliphatic carbocycles. The Labute approximate surface area is 107 Å². The Morgan fingerprint density at radius 1 is 1.06 bits per heavy atom. The molecular weight excluding hydrogens is 222 g/mol. The molecule has 0 atom stereocenters. The molecule has 0 amide bonds. The highest BCUT2D eigenvalue weighted by molar-refractivity contribution is 6.29. The van der Waals surface area contributed by atoms with Crippen molar-refractivity contribution in [2.75, 3.05) is 0 Å². The summed E-state index contributed by atoms with van der Waals surface area (Å²) in [5.74, 6) is 0.0844. The molecule has 0 saturated carbocycles. The lowest BCUT2D eigenvalue weighted by Gasteiger charge is -2.04. The number of carbonyl (C=O) groups is 1. The fraction of sp³-hybridized carbons (Fsp3) is 0.188. The van der Waals surface area contributed by atoms with E-state index < -0.39 is 0 Å². The van der Waals surface area contributed by atoms with Crippen LogP contribution in [0.4, 0.5) is 0 Å². The van der Waals surface area contributed by atoms with Crippen LogP contribution >= 0.6 is 0 Å². The third kappa shape index (κ3) is 1.46. The number of benzene rings is 1. The van der Waals surface area contributed by atoms with Crippen molar-refractivity contribution in [2.45, 2.75) is 20.8 Å². The lowest BCUT2D eigenvalue weighted by Crippen LogP contribution is -2.09. The highest BCUT2D eigenvalue weighted by atomic mass is 16.2. The van der Waals surface area contributed by atoms with E-state index in [1.165, 1.54) is 5.56 Å². The monoisotopic (exact) mass is 237 g/mol. The molecule has 2 heteroatoms. The van der Waals surface area contributed by atoms with Gasteiger partial charge in [-0.1, -0.05) is 29.8 Å². The molecular formula is C16H15NO. The quantitative estimate of drug-likeness (QED) is 0.742. The topological polar surface area (TPSA) is 22.0 Å². The fourth-order valence-corrected chi connectivity index (χ4v) is 2.60. The summed E-state index contributed by atoms with van der Waals surface area (Å²) in [7, 11) is 0. The number of hydrogen-bond acceptors (Lipinski definition) is 1. The normalized spacial score (nSPS) is 13.7. The van der Waals surface area contributed by atoms with Crippen molar-refractivity contribution in [2.24, 2.45) is 0 Å². The largest absolute Gasteiger partial charge is 0.281 e. The van der Waals surface area contributed by atoms with Crippen LogP contribution in [0.15, 0.2) is 30.3 Å². The number of nitrogens with zero attached hydrogens (tertiary/aromatic N) is 1. The maximum Gasteiger partial charge on any atom is 0.263 e. The average Bonchev–Trinajstić information content (AvgIpc) is 2.79. The molecule has 90 valence electrons. The SMILES string of the molecule is Cc1cccc(C2=Cc3c(C)cc(C)n3C2=O)c1. The van der Waals surface area contributed by atoms with E-state index >= 15 is 0 Å². The second-order valence-corrected chi connectivity index (χ2v) is 4.92. The zero-order valence-corrected chi connectivity index (χ0v) is 10.8. The Balaban J connectivity index is 2.15. The molecule has 0 bridgehead atoms. The number of rotatable bonds is 1. The summed E-state index contributed by atoms with van der Waals surface area (Å²) in [4.78, 5) is 12.4. The van der Waals surface area contributed by atoms with E-state index in [9.17, 15) is 4.79 Å². The van der Waals surface area contributed by atoms with Crippen molar-refractivity contribution < 1.29 is 4.79 Å². The number of aryl methyl sites for hydroxylation is 3. The number of fused-ring (bicyclic) bond motifs is 1. The lowest BCUT2D eigenvalue weighted by molar-refractivity contribution is 0.0982. The predicted octanol–water partition coefficient (Wildman–Crippen LogP) is 3.61. The van der Waals surface area contributed by atoms with E-state index in [4.69, 9.17) is 0 Å². The zero-order valence-electron chi connectivity index (χ0n) is 10.8. The molecule has 0 fully saturated rings. The third-order valence-electron chi connectivity index (χ3n) is 3.47. The standard InChI is InChI=1S/C16H15NO/c1-10-5-4-6-13(7-10)14-9-15-11(2)8-12(3)17(15)16(14)18/h4-9H,1-3H3. The molecule has 1 aliphatic heterocycles. The molecule has 18 heavy (non-hydrogen) atoms. The summed E-state index contributed by atoms with van der Waals surface area (Å²) >= 11 is 0.